The second-order valence-electron chi connectivity index (χ2n) is 9.70. The van der Waals surface area contributed by atoms with Crippen LogP contribution in [0.4, 0.5) is 5.82 Å². The minimum Gasteiger partial charge on any atom is -0.261 e. The van der Waals surface area contributed by atoms with E-state index < -0.39 is 10.0 Å². The molecule has 0 radical (unpaired) electrons. The molecule has 2 aromatic carbocycles. The summed E-state index contributed by atoms with van der Waals surface area (Å²) in [5.74, 6) is 0.264. The zero-order valence-corrected chi connectivity index (χ0v) is 21.0. The van der Waals surface area contributed by atoms with Crippen LogP contribution in [0.5, 0.6) is 0 Å². The Morgan fingerprint density at radius 1 is 0.879 bits per heavy atom. The largest absolute Gasteiger partial charge is 0.263 e. The molecule has 0 aliphatic rings. The molecule has 6 nitrogen and oxygen atoms in total. The van der Waals surface area contributed by atoms with Crippen molar-refractivity contribution in [2.24, 2.45) is 0 Å². The first-order valence-electron chi connectivity index (χ1n) is 11.0. The number of anilines is 1. The van der Waals surface area contributed by atoms with Gasteiger partial charge in [-0.3, -0.25) is 4.72 Å². The van der Waals surface area contributed by atoms with Crippen LogP contribution >= 0.6 is 0 Å². The highest BCUT2D eigenvalue weighted by Gasteiger charge is 2.24. The third-order valence-electron chi connectivity index (χ3n) is 5.76. The zero-order chi connectivity index (χ0) is 24.1. The van der Waals surface area contributed by atoms with E-state index in [1.54, 1.807) is 29.8 Å². The predicted octanol–water partition coefficient (Wildman–Crippen LogP) is 5.75. The van der Waals surface area contributed by atoms with Crippen molar-refractivity contribution in [1.82, 2.24) is 14.8 Å². The smallest absolute Gasteiger partial charge is 0.261 e. The third kappa shape index (κ3) is 4.25. The van der Waals surface area contributed by atoms with Gasteiger partial charge in [0.05, 0.1) is 16.0 Å². The minimum absolute atomic E-state index is 0.165. The Balaban J connectivity index is 1.97. The number of nitrogens with one attached hydrogen (secondary N) is 1. The molecule has 0 spiro atoms. The molecule has 0 fully saturated rings. The molecule has 0 amide bonds. The van der Waals surface area contributed by atoms with Gasteiger partial charge in [0.2, 0.25) is 0 Å². The molecule has 0 saturated carbocycles. The lowest BCUT2D eigenvalue weighted by Crippen LogP contribution is -2.15. The normalized spacial score (nSPS) is 12.3. The van der Waals surface area contributed by atoms with E-state index in [1.165, 1.54) is 0 Å². The summed E-state index contributed by atoms with van der Waals surface area (Å²) in [7, 11) is -3.82. The van der Waals surface area contributed by atoms with Crippen LogP contribution in [-0.4, -0.2) is 23.2 Å². The SMILES string of the molecule is Cc1cc(C)c(-n2nc(NS(=O)(=O)c3ccccc3C)c3ccc(C(C)(C)C)nc32)c(C)c1. The average Bonchev–Trinajstić information content (AvgIpc) is 3.03. The maximum absolute atomic E-state index is 13.2. The van der Waals surface area contributed by atoms with Gasteiger partial charge in [-0.25, -0.2) is 18.1 Å². The number of pyridine rings is 1. The number of sulfonamides is 1. The first-order chi connectivity index (χ1) is 15.4. The fourth-order valence-corrected chi connectivity index (χ4v) is 5.46. The predicted molar refractivity (Wildman–Crippen MR) is 134 cm³/mol. The monoisotopic (exact) mass is 462 g/mol. The van der Waals surface area contributed by atoms with Crippen molar-refractivity contribution in [3.63, 3.8) is 0 Å². The highest BCUT2D eigenvalue weighted by molar-refractivity contribution is 7.92. The van der Waals surface area contributed by atoms with Crippen molar-refractivity contribution in [1.29, 1.82) is 0 Å². The second-order valence-corrected chi connectivity index (χ2v) is 11.3. The third-order valence-corrected chi connectivity index (χ3v) is 7.26. The number of fused-ring (bicyclic) bond motifs is 1. The number of benzene rings is 2. The summed E-state index contributed by atoms with van der Waals surface area (Å²) in [6.07, 6.45) is 0. The number of aryl methyl sites for hydroxylation is 4. The van der Waals surface area contributed by atoms with Gasteiger partial charge < -0.3 is 0 Å². The molecule has 1 N–H and O–H groups in total. The Bertz CT molecular complexity index is 1460. The average molecular weight is 463 g/mol. The summed E-state index contributed by atoms with van der Waals surface area (Å²) in [6, 6.07) is 15.0. The van der Waals surface area contributed by atoms with Crippen molar-refractivity contribution in [3.05, 3.63) is 76.5 Å². The summed E-state index contributed by atoms with van der Waals surface area (Å²) < 4.78 is 31.0. The van der Waals surface area contributed by atoms with Crippen LogP contribution in [0.15, 0.2) is 53.4 Å². The molecule has 172 valence electrons. The van der Waals surface area contributed by atoms with Gasteiger partial charge in [0.25, 0.3) is 10.0 Å². The Hall–Kier alpha value is -3.19. The second kappa shape index (κ2) is 7.99. The quantitative estimate of drug-likeness (QED) is 0.419. The van der Waals surface area contributed by atoms with Crippen molar-refractivity contribution in [3.8, 4) is 5.69 Å². The van der Waals surface area contributed by atoms with E-state index in [9.17, 15) is 8.42 Å². The van der Waals surface area contributed by atoms with Gasteiger partial charge in [0.15, 0.2) is 11.5 Å². The van der Waals surface area contributed by atoms with Gasteiger partial charge >= 0.3 is 0 Å². The Morgan fingerprint density at radius 2 is 1.52 bits per heavy atom. The van der Waals surface area contributed by atoms with E-state index in [4.69, 9.17) is 10.1 Å². The van der Waals surface area contributed by atoms with Gasteiger partial charge in [-0.05, 0) is 62.6 Å². The molecule has 0 saturated heterocycles. The fraction of sp³-hybridized carbons (Fsp3) is 0.308. The van der Waals surface area contributed by atoms with Crippen molar-refractivity contribution in [2.45, 2.75) is 58.8 Å². The highest BCUT2D eigenvalue weighted by Crippen LogP contribution is 2.32. The zero-order valence-electron chi connectivity index (χ0n) is 20.2. The Morgan fingerprint density at radius 3 is 2.12 bits per heavy atom. The molecule has 2 heterocycles. The lowest BCUT2D eigenvalue weighted by Gasteiger charge is -2.18. The lowest BCUT2D eigenvalue weighted by molar-refractivity contribution is 0.570. The van der Waals surface area contributed by atoms with E-state index in [0.29, 0.717) is 16.6 Å². The Kier molecular flexibility index (Phi) is 5.56. The number of hydrogen-bond donors (Lipinski definition) is 1. The standard InChI is InChI=1S/C26H30N4O2S/c1-16-14-18(3)23(19(4)15-16)30-25-20(12-13-22(27-25)26(5,6)7)24(28-30)29-33(31,32)21-11-9-8-10-17(21)2/h8-15H,1-7H3,(H,28,29). The van der Waals surface area contributed by atoms with Gasteiger partial charge in [-0.2, -0.15) is 0 Å². The van der Waals surface area contributed by atoms with Crippen molar-refractivity contribution in [2.75, 3.05) is 4.72 Å². The van der Waals surface area contributed by atoms with Crippen molar-refractivity contribution >= 4 is 26.9 Å². The molecular weight excluding hydrogens is 432 g/mol. The summed E-state index contributed by atoms with van der Waals surface area (Å²) in [6.45, 7) is 14.2. The highest BCUT2D eigenvalue weighted by atomic mass is 32.2. The first-order valence-corrected chi connectivity index (χ1v) is 12.4. The molecule has 7 heteroatoms. The number of aromatic nitrogens is 3. The van der Waals surface area contributed by atoms with E-state index in [-0.39, 0.29) is 16.1 Å². The summed E-state index contributed by atoms with van der Waals surface area (Å²) in [4.78, 5) is 5.17. The molecule has 0 aliphatic heterocycles. The summed E-state index contributed by atoms with van der Waals surface area (Å²) in [5, 5.41) is 5.39. The molecule has 33 heavy (non-hydrogen) atoms. The van der Waals surface area contributed by atoms with Crippen molar-refractivity contribution < 1.29 is 8.42 Å². The summed E-state index contributed by atoms with van der Waals surface area (Å²) in [5.41, 5.74) is 6.21. The van der Waals surface area contributed by atoms with E-state index in [1.807, 2.05) is 32.0 Å². The minimum atomic E-state index is -3.82. The maximum Gasteiger partial charge on any atom is 0.263 e. The molecule has 4 aromatic rings. The number of rotatable bonds is 4. The van der Waals surface area contributed by atoms with Gasteiger partial charge in [-0.1, -0.05) is 56.7 Å². The molecule has 0 atom stereocenters. The molecule has 4 rings (SSSR count). The lowest BCUT2D eigenvalue weighted by atomic mass is 9.91. The number of nitrogens with zero attached hydrogens (tertiary/aromatic N) is 3. The van der Waals surface area contributed by atoms with Crippen LogP contribution < -0.4 is 4.72 Å². The van der Waals surface area contributed by atoms with Crippen LogP contribution in [0.3, 0.4) is 0 Å². The van der Waals surface area contributed by atoms with E-state index in [0.717, 1.165) is 28.1 Å². The molecule has 0 unspecified atom stereocenters. The van der Waals surface area contributed by atoms with Gasteiger partial charge in [0.1, 0.15) is 0 Å². The fourth-order valence-electron chi connectivity index (χ4n) is 4.19. The topological polar surface area (TPSA) is 76.9 Å². The first kappa shape index (κ1) is 23.0. The van der Waals surface area contributed by atoms with Gasteiger partial charge in [-0.15, -0.1) is 5.10 Å². The van der Waals surface area contributed by atoms with E-state index in [2.05, 4.69) is 44.5 Å². The van der Waals surface area contributed by atoms with Crippen LogP contribution in [0.25, 0.3) is 16.7 Å². The molecular formula is C26H30N4O2S. The maximum atomic E-state index is 13.2. The van der Waals surface area contributed by atoms with Crippen LogP contribution in [0, 0.1) is 27.7 Å². The van der Waals surface area contributed by atoms with E-state index >= 15 is 0 Å². The molecule has 2 aromatic heterocycles. The molecule has 0 bridgehead atoms. The summed E-state index contributed by atoms with van der Waals surface area (Å²) >= 11 is 0. The van der Waals surface area contributed by atoms with Gasteiger partial charge in [0, 0.05) is 11.1 Å². The molecule has 0 aliphatic carbocycles. The number of hydrogen-bond acceptors (Lipinski definition) is 4. The van der Waals surface area contributed by atoms with Crippen LogP contribution in [0.2, 0.25) is 0 Å². The van der Waals surface area contributed by atoms with Crippen LogP contribution in [-0.2, 0) is 15.4 Å². The Labute approximate surface area is 195 Å². The van der Waals surface area contributed by atoms with Crippen LogP contribution in [0.1, 0.15) is 48.7 Å².